The average Bonchev–Trinajstić information content (AvgIpc) is 3.39. The zero-order valence-electron chi connectivity index (χ0n) is 18.1. The molecule has 0 fully saturated rings. The van der Waals surface area contributed by atoms with Crippen molar-refractivity contribution in [2.24, 2.45) is 0 Å². The lowest BCUT2D eigenvalue weighted by Crippen LogP contribution is -2.49. The van der Waals surface area contributed by atoms with Crippen LogP contribution in [-0.4, -0.2) is 40.2 Å². The van der Waals surface area contributed by atoms with Gasteiger partial charge in [-0.25, -0.2) is 14.6 Å². The zero-order chi connectivity index (χ0) is 23.6. The van der Waals surface area contributed by atoms with Crippen molar-refractivity contribution in [1.29, 1.82) is 0 Å². The van der Waals surface area contributed by atoms with Crippen molar-refractivity contribution in [2.45, 2.75) is 31.8 Å². The fourth-order valence-electron chi connectivity index (χ4n) is 3.69. The summed E-state index contributed by atoms with van der Waals surface area (Å²) >= 11 is 1.19. The molecule has 0 saturated carbocycles. The van der Waals surface area contributed by atoms with Crippen LogP contribution in [0.5, 0.6) is 0 Å². The predicted molar refractivity (Wildman–Crippen MR) is 123 cm³/mol. The Bertz CT molecular complexity index is 1170. The molecule has 0 spiro atoms. The number of aromatic nitrogens is 1. The first-order valence-corrected chi connectivity index (χ1v) is 11.2. The number of fused-ring (bicyclic) bond motifs is 3. The molecule has 170 valence electrons. The molecule has 0 unspecified atom stereocenters. The molecule has 0 aliphatic heterocycles. The monoisotopic (exact) mass is 465 g/mol. The number of carboxylic acid groups (broad SMARTS) is 1. The molecule has 0 radical (unpaired) electrons. The van der Waals surface area contributed by atoms with E-state index in [1.807, 2.05) is 24.3 Å². The van der Waals surface area contributed by atoms with E-state index in [0.717, 1.165) is 22.3 Å². The molecule has 1 aromatic heterocycles. The first kappa shape index (κ1) is 22.5. The van der Waals surface area contributed by atoms with E-state index in [4.69, 9.17) is 9.84 Å². The van der Waals surface area contributed by atoms with Crippen LogP contribution in [0.15, 0.2) is 53.9 Å². The Hall–Kier alpha value is -3.72. The summed E-state index contributed by atoms with van der Waals surface area (Å²) in [6.45, 7) is 3.07. The van der Waals surface area contributed by atoms with Crippen molar-refractivity contribution in [3.8, 4) is 11.1 Å². The number of nitrogens with one attached hydrogen (secondary N) is 2. The molecular formula is C24H23N3O5S. The number of carbonyl (C=O) groups is 3. The lowest BCUT2D eigenvalue weighted by Gasteiger charge is -2.20. The van der Waals surface area contributed by atoms with Gasteiger partial charge in [0.25, 0.3) is 5.91 Å². The molecule has 0 saturated heterocycles. The van der Waals surface area contributed by atoms with E-state index in [0.29, 0.717) is 5.01 Å². The van der Waals surface area contributed by atoms with Gasteiger partial charge < -0.3 is 20.5 Å². The minimum absolute atomic E-state index is 0.0316. The molecule has 0 bridgehead atoms. The highest BCUT2D eigenvalue weighted by Crippen LogP contribution is 2.44. The predicted octanol–water partition coefficient (Wildman–Crippen LogP) is 3.77. The normalized spacial score (nSPS) is 12.5. The fourth-order valence-corrected chi connectivity index (χ4v) is 4.41. The second-order valence-corrected chi connectivity index (χ2v) is 9.13. The smallest absolute Gasteiger partial charge is 0.407 e. The van der Waals surface area contributed by atoms with Crippen molar-refractivity contribution in [2.75, 3.05) is 6.61 Å². The number of amides is 2. The van der Waals surface area contributed by atoms with Gasteiger partial charge >= 0.3 is 12.1 Å². The van der Waals surface area contributed by atoms with Crippen LogP contribution in [0, 0.1) is 0 Å². The summed E-state index contributed by atoms with van der Waals surface area (Å²) in [5.41, 5.74) is 3.25. The van der Waals surface area contributed by atoms with E-state index in [-0.39, 0.29) is 24.8 Å². The van der Waals surface area contributed by atoms with Crippen molar-refractivity contribution >= 4 is 29.3 Å². The summed E-state index contributed by atoms with van der Waals surface area (Å²) in [5.74, 6) is -1.77. The number of benzene rings is 2. The van der Waals surface area contributed by atoms with E-state index in [1.165, 1.54) is 30.6 Å². The molecule has 9 heteroatoms. The molecule has 8 nitrogen and oxygen atoms in total. The SMILES string of the molecule is CC(C)(NC(=O)c1csc(CNC(=O)OCC2c3ccccc3-c3ccccc32)n1)C(=O)O. The number of nitrogens with zero attached hydrogens (tertiary/aromatic N) is 1. The Balaban J connectivity index is 1.32. The Kier molecular flexibility index (Phi) is 6.15. The van der Waals surface area contributed by atoms with Gasteiger partial charge in [-0.3, -0.25) is 4.79 Å². The third-order valence-electron chi connectivity index (χ3n) is 5.47. The van der Waals surface area contributed by atoms with Crippen LogP contribution in [0.4, 0.5) is 4.79 Å². The summed E-state index contributed by atoms with van der Waals surface area (Å²) in [6, 6.07) is 16.2. The molecule has 3 N–H and O–H groups in total. The number of hydrogen-bond acceptors (Lipinski definition) is 6. The van der Waals surface area contributed by atoms with Crippen molar-refractivity contribution in [3.63, 3.8) is 0 Å². The zero-order valence-corrected chi connectivity index (χ0v) is 18.9. The first-order valence-electron chi connectivity index (χ1n) is 10.4. The van der Waals surface area contributed by atoms with Crippen LogP contribution in [0.1, 0.15) is 46.4 Å². The Morgan fingerprint density at radius 2 is 1.67 bits per heavy atom. The number of thiazole rings is 1. The van der Waals surface area contributed by atoms with Gasteiger partial charge in [0.15, 0.2) is 0 Å². The van der Waals surface area contributed by atoms with Gasteiger partial charge in [-0.05, 0) is 36.1 Å². The minimum Gasteiger partial charge on any atom is -0.480 e. The molecule has 2 amide bonds. The Morgan fingerprint density at radius 1 is 1.06 bits per heavy atom. The summed E-state index contributed by atoms with van der Waals surface area (Å²) in [6.07, 6.45) is -0.579. The van der Waals surface area contributed by atoms with Gasteiger partial charge in [-0.15, -0.1) is 11.3 Å². The van der Waals surface area contributed by atoms with Gasteiger partial charge in [0.1, 0.15) is 22.8 Å². The first-order chi connectivity index (χ1) is 15.8. The molecule has 1 aliphatic carbocycles. The van der Waals surface area contributed by atoms with Crippen LogP contribution < -0.4 is 10.6 Å². The third kappa shape index (κ3) is 4.73. The lowest BCUT2D eigenvalue weighted by atomic mass is 9.98. The van der Waals surface area contributed by atoms with Gasteiger partial charge in [0.05, 0.1) is 6.54 Å². The average molecular weight is 466 g/mol. The topological polar surface area (TPSA) is 118 Å². The number of carbonyl (C=O) groups excluding carboxylic acids is 2. The van der Waals surface area contributed by atoms with E-state index in [2.05, 4.69) is 39.9 Å². The Morgan fingerprint density at radius 3 is 2.27 bits per heavy atom. The molecule has 33 heavy (non-hydrogen) atoms. The molecule has 3 aromatic rings. The number of carboxylic acids is 1. The van der Waals surface area contributed by atoms with Gasteiger partial charge in [0.2, 0.25) is 0 Å². The highest BCUT2D eigenvalue weighted by molar-refractivity contribution is 7.09. The highest BCUT2D eigenvalue weighted by atomic mass is 32.1. The van der Waals surface area contributed by atoms with Crippen LogP contribution in [0.3, 0.4) is 0 Å². The van der Waals surface area contributed by atoms with Crippen molar-refractivity contribution < 1.29 is 24.2 Å². The second-order valence-electron chi connectivity index (χ2n) is 8.19. The van der Waals surface area contributed by atoms with Gasteiger partial charge in [0, 0.05) is 11.3 Å². The number of aliphatic carboxylic acids is 1. The minimum atomic E-state index is -1.42. The number of rotatable bonds is 7. The Labute approximate surface area is 194 Å². The molecular weight excluding hydrogens is 442 g/mol. The van der Waals surface area contributed by atoms with Gasteiger partial charge in [-0.1, -0.05) is 48.5 Å². The van der Waals surface area contributed by atoms with E-state index in [9.17, 15) is 14.4 Å². The van der Waals surface area contributed by atoms with Crippen LogP contribution >= 0.6 is 11.3 Å². The van der Waals surface area contributed by atoms with E-state index >= 15 is 0 Å². The largest absolute Gasteiger partial charge is 0.480 e. The maximum Gasteiger partial charge on any atom is 0.407 e. The van der Waals surface area contributed by atoms with Crippen molar-refractivity contribution in [1.82, 2.24) is 15.6 Å². The molecule has 1 heterocycles. The molecule has 1 aliphatic rings. The van der Waals surface area contributed by atoms with Crippen molar-refractivity contribution in [3.05, 3.63) is 75.7 Å². The van der Waals surface area contributed by atoms with Crippen LogP contribution in [0.25, 0.3) is 11.1 Å². The summed E-state index contributed by atoms with van der Waals surface area (Å²) in [4.78, 5) is 39.9. The van der Waals surface area contributed by atoms with Crippen LogP contribution in [-0.2, 0) is 16.1 Å². The second kappa shape index (κ2) is 9.03. The highest BCUT2D eigenvalue weighted by Gasteiger charge is 2.30. The summed E-state index contributed by atoms with van der Waals surface area (Å²) in [7, 11) is 0. The number of alkyl carbamates (subject to hydrolysis) is 1. The molecule has 0 atom stereocenters. The quantitative estimate of drug-likeness (QED) is 0.489. The standard InChI is InChI=1S/C24H23N3O5S/c1-24(2,22(29)30)27-21(28)19-13-33-20(26-19)11-25-23(31)32-12-18-16-9-5-3-7-14(16)15-8-4-6-10-17(15)18/h3-10,13,18H,11-12H2,1-2H3,(H,25,31)(H,27,28)(H,29,30). The molecule has 2 aromatic carbocycles. The lowest BCUT2D eigenvalue weighted by molar-refractivity contribution is -0.143. The summed E-state index contributed by atoms with van der Waals surface area (Å²) in [5, 5.41) is 16.2. The number of ether oxygens (including phenoxy) is 1. The van der Waals surface area contributed by atoms with Crippen LogP contribution in [0.2, 0.25) is 0 Å². The maximum atomic E-state index is 12.3. The maximum absolute atomic E-state index is 12.3. The van der Waals surface area contributed by atoms with Gasteiger partial charge in [-0.2, -0.15) is 0 Å². The fraction of sp³-hybridized carbons (Fsp3) is 0.250. The number of hydrogen-bond donors (Lipinski definition) is 3. The third-order valence-corrected chi connectivity index (χ3v) is 6.32. The summed E-state index contributed by atoms with van der Waals surface area (Å²) < 4.78 is 5.49. The van der Waals surface area contributed by atoms with E-state index < -0.39 is 23.5 Å². The molecule has 4 rings (SSSR count). The van der Waals surface area contributed by atoms with E-state index in [1.54, 1.807) is 0 Å².